The summed E-state index contributed by atoms with van der Waals surface area (Å²) in [6.07, 6.45) is 0. The molecule has 0 aromatic carbocycles. The molecule has 0 saturated heterocycles. The van der Waals surface area contributed by atoms with Gasteiger partial charge in [0.1, 0.15) is 0 Å². The van der Waals surface area contributed by atoms with Gasteiger partial charge in [-0.15, -0.1) is 0 Å². The van der Waals surface area contributed by atoms with E-state index in [-0.39, 0.29) is 91.8 Å². The molecule has 0 unspecified atom stereocenters. The van der Waals surface area contributed by atoms with E-state index in [0.29, 0.717) is 0 Å². The van der Waals surface area contributed by atoms with Crippen LogP contribution in [0.5, 0.6) is 0 Å². The zero-order valence-electron chi connectivity index (χ0n) is 2.43. The van der Waals surface area contributed by atoms with E-state index in [1.54, 1.807) is 0 Å². The summed E-state index contributed by atoms with van der Waals surface area (Å²) in [5, 5.41) is 0. The average molecular weight is 258 g/mol. The van der Waals surface area contributed by atoms with Gasteiger partial charge in [-0.2, -0.15) is 0 Å². The molecule has 5 heavy (non-hydrogen) atoms. The van der Waals surface area contributed by atoms with Crippen molar-refractivity contribution in [2.75, 3.05) is 0 Å². The Morgan fingerprint density at radius 1 is 1.00 bits per heavy atom. The van der Waals surface area contributed by atoms with Gasteiger partial charge in [0, 0.05) is 91.8 Å². The molecule has 0 rings (SSSR count). The molecule has 4 radical (unpaired) electrons. The Morgan fingerprint density at radius 2 is 1.00 bits per heavy atom. The predicted molar refractivity (Wildman–Crippen MR) is 5.75 cm³/mol. The van der Waals surface area contributed by atoms with E-state index in [1.165, 1.54) is 0 Å². The van der Waals surface area contributed by atoms with Gasteiger partial charge in [0.2, 0.25) is 0 Å². The molecule has 0 bridgehead atoms. The fourth-order valence-electron chi connectivity index (χ4n) is 0. The van der Waals surface area contributed by atoms with Crippen molar-refractivity contribution in [3.05, 3.63) is 0 Å². The van der Waals surface area contributed by atoms with Crippen LogP contribution in [0.25, 0.3) is 0 Å². The molecule has 28 valence electrons. The minimum atomic E-state index is 0. The smallest absolute Gasteiger partial charge is 0 e. The van der Waals surface area contributed by atoms with Gasteiger partial charge in [0.25, 0.3) is 0 Å². The van der Waals surface area contributed by atoms with E-state index in [2.05, 4.69) is 0 Å². The second kappa shape index (κ2) is 28.7. The Hall–Kier alpha value is 2.87. The summed E-state index contributed by atoms with van der Waals surface area (Å²) in [5.41, 5.74) is 0. The first-order chi connectivity index (χ1) is 0. The number of rotatable bonds is 0. The topological polar surface area (TPSA) is 0 Å². The first-order valence-corrected chi connectivity index (χ1v) is 0. The fraction of sp³-hybridized carbons (Fsp3) is 0. The molecule has 0 saturated carbocycles. The van der Waals surface area contributed by atoms with Crippen LogP contribution in [0, 0.1) is 0 Å². The van der Waals surface area contributed by atoms with Crippen molar-refractivity contribution in [2.24, 2.45) is 0 Å². The Morgan fingerprint density at radius 3 is 1.00 bits per heavy atom. The van der Waals surface area contributed by atoms with Crippen molar-refractivity contribution in [2.45, 2.75) is 0 Å². The van der Waals surface area contributed by atoms with Crippen molar-refractivity contribution in [3.8, 4) is 0 Å². The molecule has 0 atom stereocenters. The van der Waals surface area contributed by atoms with Crippen LogP contribution in [0.15, 0.2) is 0 Å². The third-order valence-corrected chi connectivity index (χ3v) is 0. The van der Waals surface area contributed by atoms with Crippen LogP contribution in [-0.2, 0) is 74.5 Å². The van der Waals surface area contributed by atoms with Crippen LogP contribution < -0.4 is 0 Å². The van der Waals surface area contributed by atoms with Gasteiger partial charge in [0.05, 0.1) is 0 Å². The van der Waals surface area contributed by atoms with Crippen molar-refractivity contribution in [1.29, 1.82) is 0 Å². The molecule has 0 heterocycles. The predicted octanol–water partition coefficient (Wildman–Crippen LogP) is -0.391. The van der Waals surface area contributed by atoms with E-state index in [0.717, 1.165) is 0 Å². The van der Waals surface area contributed by atoms with E-state index in [1.807, 2.05) is 0 Å². The summed E-state index contributed by atoms with van der Waals surface area (Å²) in [7, 11) is 0. The summed E-state index contributed by atoms with van der Waals surface area (Å²) in [5.74, 6) is 0. The van der Waals surface area contributed by atoms with Gasteiger partial charge in [-0.25, -0.2) is 0 Å². The van der Waals surface area contributed by atoms with Gasteiger partial charge in [0.15, 0.2) is 0 Å². The van der Waals surface area contributed by atoms with Crippen LogP contribution in [0.2, 0.25) is 0 Å². The summed E-state index contributed by atoms with van der Waals surface area (Å²) in [6.45, 7) is 0. The molecular weight excluding hydrogens is 258 g/mol. The molecular formula is AlCoNiTiZn. The summed E-state index contributed by atoms with van der Waals surface area (Å²) >= 11 is 0. The summed E-state index contributed by atoms with van der Waals surface area (Å²) in [6, 6.07) is 0. The zero-order valence-corrected chi connectivity index (χ0v) is 10.1. The minimum absolute atomic E-state index is 0. The molecule has 0 fully saturated rings. The Kier molecular flexibility index (Phi) is 259. The van der Waals surface area contributed by atoms with E-state index in [4.69, 9.17) is 0 Å². The van der Waals surface area contributed by atoms with Gasteiger partial charge in [-0.05, 0) is 0 Å². The summed E-state index contributed by atoms with van der Waals surface area (Å²) in [4.78, 5) is 0. The fourth-order valence-corrected chi connectivity index (χ4v) is 0. The van der Waals surface area contributed by atoms with Crippen LogP contribution >= 0.6 is 0 Å². The maximum absolute atomic E-state index is 0. The molecule has 0 aliphatic rings. The molecule has 0 nitrogen and oxygen atoms in total. The maximum atomic E-state index is 0. The van der Waals surface area contributed by atoms with Crippen LogP contribution in [0.3, 0.4) is 0 Å². The second-order valence-corrected chi connectivity index (χ2v) is 0. The van der Waals surface area contributed by atoms with Crippen LogP contribution in [0.4, 0.5) is 0 Å². The van der Waals surface area contributed by atoms with E-state index >= 15 is 0 Å². The van der Waals surface area contributed by atoms with Gasteiger partial charge in [-0.3, -0.25) is 0 Å². The molecule has 0 aromatic rings. The molecule has 0 amide bonds. The Labute approximate surface area is 90.5 Å². The first kappa shape index (κ1) is 45.1. The van der Waals surface area contributed by atoms with Crippen LogP contribution in [-0.4, -0.2) is 17.4 Å². The second-order valence-electron chi connectivity index (χ2n) is 0. The molecule has 0 spiro atoms. The standard InChI is InChI=1S/Al.Co.Ni.Ti.Zn. The van der Waals surface area contributed by atoms with E-state index in [9.17, 15) is 0 Å². The molecule has 0 N–H and O–H groups in total. The largest absolute Gasteiger partial charge is 0 e. The Balaban J connectivity index is 0. The Bertz CT molecular complexity index is 11.6. The first-order valence-electron chi connectivity index (χ1n) is 0. The normalized spacial score (nSPS) is 0. The third kappa shape index (κ3) is 19.8. The third-order valence-electron chi connectivity index (χ3n) is 0. The quantitative estimate of drug-likeness (QED) is 0.519. The van der Waals surface area contributed by atoms with Crippen molar-refractivity contribution >= 4 is 17.4 Å². The van der Waals surface area contributed by atoms with Crippen molar-refractivity contribution < 1.29 is 74.5 Å². The van der Waals surface area contributed by atoms with Gasteiger partial charge in [-0.1, -0.05) is 0 Å². The molecule has 0 aromatic heterocycles. The van der Waals surface area contributed by atoms with E-state index < -0.39 is 0 Å². The molecule has 5 heteroatoms. The average Bonchev–Trinajstić information content (AvgIpc) is 0. The van der Waals surface area contributed by atoms with Crippen molar-refractivity contribution in [1.82, 2.24) is 0 Å². The molecule has 0 aliphatic carbocycles. The van der Waals surface area contributed by atoms with Crippen molar-refractivity contribution in [3.63, 3.8) is 0 Å². The van der Waals surface area contributed by atoms with Gasteiger partial charge >= 0.3 is 0 Å². The SMILES string of the molecule is [Al].[Co].[Ni].[Ti].[Zn]. The number of hydrogen-bond acceptors (Lipinski definition) is 0. The minimum Gasteiger partial charge on any atom is 0 e. The monoisotopic (exact) mass is 256 g/mol. The number of hydrogen-bond donors (Lipinski definition) is 0. The summed E-state index contributed by atoms with van der Waals surface area (Å²) < 4.78 is 0. The zero-order chi connectivity index (χ0) is 0. The maximum Gasteiger partial charge on any atom is 0 e. The van der Waals surface area contributed by atoms with Gasteiger partial charge < -0.3 is 0 Å². The molecule has 0 aliphatic heterocycles. The van der Waals surface area contributed by atoms with Crippen LogP contribution in [0.1, 0.15) is 0 Å².